The summed E-state index contributed by atoms with van der Waals surface area (Å²) in [5.41, 5.74) is 1.08. The number of hydrogen-bond donors (Lipinski definition) is 0. The first-order chi connectivity index (χ1) is 10.9. The van der Waals surface area contributed by atoms with Gasteiger partial charge in [-0.25, -0.2) is 0 Å². The zero-order valence-electron chi connectivity index (χ0n) is 13.0. The van der Waals surface area contributed by atoms with Crippen LogP contribution < -0.4 is 13.7 Å². The lowest BCUT2D eigenvalue weighted by molar-refractivity contribution is 0.388. The van der Waals surface area contributed by atoms with Crippen molar-refractivity contribution >= 4 is 21.7 Å². The van der Waals surface area contributed by atoms with E-state index >= 15 is 0 Å². The molecule has 0 aliphatic rings. The van der Waals surface area contributed by atoms with E-state index in [1.54, 1.807) is 12.1 Å². The van der Waals surface area contributed by atoms with Gasteiger partial charge in [-0.3, -0.25) is 0 Å². The fourth-order valence-electron chi connectivity index (χ4n) is 1.98. The van der Waals surface area contributed by atoms with Crippen LogP contribution in [0.4, 0.5) is 0 Å². The minimum absolute atomic E-state index is 0.0842. The molecule has 0 atom stereocenters. The van der Waals surface area contributed by atoms with Gasteiger partial charge in [-0.15, -0.1) is 0 Å². The van der Waals surface area contributed by atoms with E-state index in [2.05, 4.69) is 0 Å². The van der Waals surface area contributed by atoms with E-state index in [0.717, 1.165) is 12.0 Å². The van der Waals surface area contributed by atoms with Crippen LogP contribution in [0.25, 0.3) is 0 Å². The molecule has 0 saturated carbocycles. The molecular weight excluding hydrogens is 340 g/mol. The maximum absolute atomic E-state index is 12.5. The van der Waals surface area contributed by atoms with E-state index in [0.29, 0.717) is 0 Å². The second-order valence-electron chi connectivity index (χ2n) is 4.67. The van der Waals surface area contributed by atoms with Gasteiger partial charge in [0, 0.05) is 12.1 Å². The van der Waals surface area contributed by atoms with Gasteiger partial charge in [0.05, 0.1) is 19.2 Å². The highest BCUT2D eigenvalue weighted by atomic mass is 35.5. The first-order valence-corrected chi connectivity index (χ1v) is 8.64. The van der Waals surface area contributed by atoms with Crippen molar-refractivity contribution in [3.05, 3.63) is 47.0 Å². The Morgan fingerprint density at radius 2 is 1.61 bits per heavy atom. The third-order valence-corrected chi connectivity index (χ3v) is 4.81. The smallest absolute Gasteiger partial charge is 0.343 e. The molecule has 2 aromatic rings. The standard InChI is InChI=1S/C16H17ClO5S/c1-4-11-5-7-12(8-6-11)22-23(18,19)16-10-14(20-2)13(17)9-15(16)21-3/h5-10H,4H2,1-3H3. The van der Waals surface area contributed by atoms with E-state index < -0.39 is 10.1 Å². The molecule has 0 spiro atoms. The van der Waals surface area contributed by atoms with E-state index in [4.69, 9.17) is 25.3 Å². The molecule has 0 radical (unpaired) electrons. The number of halogens is 1. The fourth-order valence-corrected chi connectivity index (χ4v) is 3.31. The molecule has 0 saturated heterocycles. The number of benzene rings is 2. The summed E-state index contributed by atoms with van der Waals surface area (Å²) in [5.74, 6) is 0.523. The molecule has 0 fully saturated rings. The van der Waals surface area contributed by atoms with Crippen LogP contribution in [-0.4, -0.2) is 22.6 Å². The monoisotopic (exact) mass is 356 g/mol. The summed E-state index contributed by atoms with van der Waals surface area (Å²) in [4.78, 5) is -0.152. The first-order valence-electron chi connectivity index (χ1n) is 6.86. The highest BCUT2D eigenvalue weighted by molar-refractivity contribution is 7.87. The van der Waals surface area contributed by atoms with Crippen LogP contribution in [-0.2, 0) is 16.5 Å². The summed E-state index contributed by atoms with van der Waals surface area (Å²) in [6, 6.07) is 9.48. The highest BCUT2D eigenvalue weighted by Gasteiger charge is 2.24. The molecule has 0 aliphatic heterocycles. The van der Waals surface area contributed by atoms with Gasteiger partial charge in [-0.05, 0) is 24.1 Å². The molecule has 0 N–H and O–H groups in total. The lowest BCUT2D eigenvalue weighted by Crippen LogP contribution is -2.11. The van der Waals surface area contributed by atoms with Gasteiger partial charge in [0.15, 0.2) is 4.90 Å². The van der Waals surface area contributed by atoms with E-state index in [-0.39, 0.29) is 27.2 Å². The molecule has 5 nitrogen and oxygen atoms in total. The Morgan fingerprint density at radius 3 is 2.13 bits per heavy atom. The third-order valence-electron chi connectivity index (χ3n) is 3.24. The van der Waals surface area contributed by atoms with Crippen molar-refractivity contribution in [1.29, 1.82) is 0 Å². The largest absolute Gasteiger partial charge is 0.495 e. The summed E-state index contributed by atoms with van der Waals surface area (Å²) < 4.78 is 40.3. The summed E-state index contributed by atoms with van der Waals surface area (Å²) in [5, 5.41) is 0.246. The quantitative estimate of drug-likeness (QED) is 0.739. The second-order valence-corrected chi connectivity index (χ2v) is 6.59. The van der Waals surface area contributed by atoms with E-state index in [1.807, 2.05) is 19.1 Å². The molecule has 2 rings (SSSR count). The first kappa shape index (κ1) is 17.4. The fraction of sp³-hybridized carbons (Fsp3) is 0.250. The van der Waals surface area contributed by atoms with Crippen molar-refractivity contribution in [3.63, 3.8) is 0 Å². The molecule has 0 heterocycles. The molecule has 23 heavy (non-hydrogen) atoms. The maximum Gasteiger partial charge on any atom is 0.343 e. The van der Waals surface area contributed by atoms with Gasteiger partial charge in [0.2, 0.25) is 0 Å². The Morgan fingerprint density at radius 1 is 1.00 bits per heavy atom. The van der Waals surface area contributed by atoms with Crippen molar-refractivity contribution in [2.75, 3.05) is 14.2 Å². The topological polar surface area (TPSA) is 61.8 Å². The Balaban J connectivity index is 2.41. The van der Waals surface area contributed by atoms with Gasteiger partial charge in [0.25, 0.3) is 0 Å². The van der Waals surface area contributed by atoms with Crippen LogP contribution in [0, 0.1) is 0 Å². The number of rotatable bonds is 6. The predicted molar refractivity (Wildman–Crippen MR) is 88.2 cm³/mol. The SMILES string of the molecule is CCc1ccc(OS(=O)(=O)c2cc(OC)c(Cl)cc2OC)cc1. The Hall–Kier alpha value is -1.92. The van der Waals surface area contributed by atoms with Crippen LogP contribution in [0.1, 0.15) is 12.5 Å². The summed E-state index contributed by atoms with van der Waals surface area (Å²) in [6.07, 6.45) is 0.856. The zero-order valence-corrected chi connectivity index (χ0v) is 14.6. The average Bonchev–Trinajstić information content (AvgIpc) is 2.54. The molecule has 2 aromatic carbocycles. The normalized spacial score (nSPS) is 11.1. The van der Waals surface area contributed by atoms with Crippen LogP contribution in [0.5, 0.6) is 17.2 Å². The van der Waals surface area contributed by atoms with Gasteiger partial charge in [-0.2, -0.15) is 8.42 Å². The van der Waals surface area contributed by atoms with Crippen molar-refractivity contribution < 1.29 is 22.1 Å². The van der Waals surface area contributed by atoms with Crippen molar-refractivity contribution in [2.45, 2.75) is 18.2 Å². The lowest BCUT2D eigenvalue weighted by Gasteiger charge is -2.13. The molecule has 0 aromatic heterocycles. The minimum atomic E-state index is -4.09. The molecule has 0 unspecified atom stereocenters. The lowest BCUT2D eigenvalue weighted by atomic mass is 10.2. The summed E-state index contributed by atoms with van der Waals surface area (Å²) in [7, 11) is -1.34. The third kappa shape index (κ3) is 3.89. The van der Waals surface area contributed by atoms with Crippen molar-refractivity contribution in [2.24, 2.45) is 0 Å². The molecular formula is C16H17ClO5S. The number of methoxy groups -OCH3 is 2. The van der Waals surface area contributed by atoms with Crippen LogP contribution in [0.15, 0.2) is 41.3 Å². The van der Waals surface area contributed by atoms with Crippen molar-refractivity contribution in [1.82, 2.24) is 0 Å². The Kier molecular flexibility index (Phi) is 5.38. The average molecular weight is 357 g/mol. The molecule has 0 amide bonds. The number of aryl methyl sites for hydroxylation is 1. The maximum atomic E-state index is 12.5. The highest BCUT2D eigenvalue weighted by Crippen LogP contribution is 2.36. The van der Waals surface area contributed by atoms with E-state index in [9.17, 15) is 8.42 Å². The number of ether oxygens (including phenoxy) is 2. The summed E-state index contributed by atoms with van der Waals surface area (Å²) in [6.45, 7) is 2.01. The number of hydrogen-bond acceptors (Lipinski definition) is 5. The van der Waals surface area contributed by atoms with E-state index in [1.165, 1.54) is 26.4 Å². The van der Waals surface area contributed by atoms with Crippen LogP contribution in [0.3, 0.4) is 0 Å². The zero-order chi connectivity index (χ0) is 17.0. The van der Waals surface area contributed by atoms with Crippen molar-refractivity contribution in [3.8, 4) is 17.2 Å². The van der Waals surface area contributed by atoms with Gasteiger partial charge < -0.3 is 13.7 Å². The van der Waals surface area contributed by atoms with Gasteiger partial charge in [-0.1, -0.05) is 30.7 Å². The Labute approximate surface area is 140 Å². The van der Waals surface area contributed by atoms with Crippen LogP contribution in [0.2, 0.25) is 5.02 Å². The van der Waals surface area contributed by atoms with Gasteiger partial charge >= 0.3 is 10.1 Å². The second kappa shape index (κ2) is 7.10. The minimum Gasteiger partial charge on any atom is -0.495 e. The predicted octanol–water partition coefficient (Wildman–Crippen LogP) is 3.69. The summed E-state index contributed by atoms with van der Waals surface area (Å²) >= 11 is 5.98. The molecule has 7 heteroatoms. The molecule has 0 bridgehead atoms. The van der Waals surface area contributed by atoms with Crippen LogP contribution >= 0.6 is 11.6 Å². The molecule has 124 valence electrons. The van der Waals surface area contributed by atoms with Gasteiger partial charge in [0.1, 0.15) is 17.2 Å². The molecule has 0 aliphatic carbocycles. The Bertz CT molecular complexity index is 785.